The highest BCUT2D eigenvalue weighted by atomic mass is 32.2. The predicted octanol–water partition coefficient (Wildman–Crippen LogP) is -0.326. The van der Waals surface area contributed by atoms with Crippen molar-refractivity contribution in [3.05, 3.63) is 22.3 Å². The van der Waals surface area contributed by atoms with Crippen molar-refractivity contribution in [2.24, 2.45) is 10.9 Å². The summed E-state index contributed by atoms with van der Waals surface area (Å²) >= 11 is 2.24. The number of rotatable bonds is 10. The molecule has 1 unspecified atom stereocenters. The molecule has 1 fully saturated rings. The van der Waals surface area contributed by atoms with E-state index in [4.69, 9.17) is 10.6 Å². The highest BCUT2D eigenvalue weighted by Gasteiger charge is 2.54. The number of primary amides is 1. The Morgan fingerprint density at radius 3 is 2.79 bits per heavy atom. The van der Waals surface area contributed by atoms with Crippen LogP contribution in [0.15, 0.2) is 21.8 Å². The number of hydrogen-bond donors (Lipinski definition) is 4. The number of nitrogens with zero attached hydrogens (tertiary/aromatic N) is 3. The van der Waals surface area contributed by atoms with Gasteiger partial charge in [-0.15, -0.1) is 23.1 Å². The number of carbonyl (C=O) groups excluding carboxylic acids is 4. The third-order valence-corrected chi connectivity index (χ3v) is 6.54. The second-order valence-corrected chi connectivity index (χ2v) is 9.08. The molecule has 34 heavy (non-hydrogen) atoms. The van der Waals surface area contributed by atoms with E-state index in [1.165, 1.54) is 17.1 Å². The maximum Gasteiger partial charge on any atom is 0.404 e. The minimum atomic E-state index is -1.38. The SMILES string of the molecule is CC(C)O/N=C(\C(=O)NC1C(=O)N2C(C(=O)O)=C(COC(N)=O)CS[C@H]12)c1csc(NC=O)n1. The number of thioether (sulfide) groups is 1. The normalized spacial score (nSPS) is 19.8. The smallest absolute Gasteiger partial charge is 0.404 e. The molecule has 5 N–H and O–H groups in total. The third kappa shape index (κ3) is 5.28. The van der Waals surface area contributed by atoms with E-state index in [9.17, 15) is 29.1 Å². The van der Waals surface area contributed by atoms with Gasteiger partial charge in [0.1, 0.15) is 35.5 Å². The van der Waals surface area contributed by atoms with Crippen molar-refractivity contribution in [3.8, 4) is 0 Å². The quantitative estimate of drug-likeness (QED) is 0.139. The molecule has 182 valence electrons. The zero-order valence-electron chi connectivity index (χ0n) is 17.8. The number of aliphatic carboxylic acids is 1. The molecule has 2 aliphatic rings. The molecular formula is C18H20N6O8S2. The number of hydrogen-bond acceptors (Lipinski definition) is 11. The molecule has 1 aromatic heterocycles. The number of nitrogens with two attached hydrogens (primary N) is 1. The first-order valence-electron chi connectivity index (χ1n) is 9.67. The fourth-order valence-electron chi connectivity index (χ4n) is 3.02. The molecule has 2 aliphatic heterocycles. The van der Waals surface area contributed by atoms with Crippen molar-refractivity contribution in [2.75, 3.05) is 17.7 Å². The van der Waals surface area contributed by atoms with E-state index in [0.717, 1.165) is 16.2 Å². The van der Waals surface area contributed by atoms with Crippen LogP contribution >= 0.6 is 23.1 Å². The van der Waals surface area contributed by atoms with Gasteiger partial charge in [0.15, 0.2) is 10.8 Å². The summed E-state index contributed by atoms with van der Waals surface area (Å²) in [4.78, 5) is 69.4. The van der Waals surface area contributed by atoms with E-state index in [1.807, 2.05) is 0 Å². The number of amides is 4. The number of oxime groups is 1. The summed E-state index contributed by atoms with van der Waals surface area (Å²) in [7, 11) is 0. The Hall–Kier alpha value is -3.66. The molecule has 1 aromatic rings. The molecule has 1 saturated heterocycles. The van der Waals surface area contributed by atoms with Crippen molar-refractivity contribution in [2.45, 2.75) is 31.4 Å². The van der Waals surface area contributed by atoms with Crippen molar-refractivity contribution in [1.82, 2.24) is 15.2 Å². The lowest BCUT2D eigenvalue weighted by Gasteiger charge is -2.49. The molecule has 0 saturated carbocycles. The van der Waals surface area contributed by atoms with Crippen LogP contribution in [0, 0.1) is 0 Å². The van der Waals surface area contributed by atoms with Crippen LogP contribution in [0.3, 0.4) is 0 Å². The van der Waals surface area contributed by atoms with Crippen LogP contribution in [0.2, 0.25) is 0 Å². The van der Waals surface area contributed by atoms with Gasteiger partial charge < -0.3 is 31.0 Å². The van der Waals surface area contributed by atoms with Crippen molar-refractivity contribution < 1.29 is 38.7 Å². The van der Waals surface area contributed by atoms with Crippen molar-refractivity contribution >= 4 is 64.2 Å². The van der Waals surface area contributed by atoms with Crippen LogP contribution in [-0.2, 0) is 28.8 Å². The zero-order chi connectivity index (χ0) is 25.0. The molecule has 0 aliphatic carbocycles. The summed E-state index contributed by atoms with van der Waals surface area (Å²) in [6.45, 7) is 3.03. The minimum Gasteiger partial charge on any atom is -0.477 e. The van der Waals surface area contributed by atoms with Crippen LogP contribution in [0.5, 0.6) is 0 Å². The molecule has 0 bridgehead atoms. The summed E-state index contributed by atoms with van der Waals surface area (Å²) < 4.78 is 4.68. The summed E-state index contributed by atoms with van der Waals surface area (Å²) in [6, 6.07) is -1.04. The Labute approximate surface area is 200 Å². The van der Waals surface area contributed by atoms with Gasteiger partial charge in [0.05, 0.1) is 0 Å². The number of thiazole rings is 1. The Kier molecular flexibility index (Phi) is 7.72. The fraction of sp³-hybridized carbons (Fsp3) is 0.389. The maximum atomic E-state index is 13.0. The fourth-order valence-corrected chi connectivity index (χ4v) is 5.01. The molecular weight excluding hydrogens is 492 g/mol. The maximum absolute atomic E-state index is 13.0. The number of carboxylic acid groups (broad SMARTS) is 1. The average molecular weight is 513 g/mol. The molecule has 3 rings (SSSR count). The van der Waals surface area contributed by atoms with Gasteiger partial charge in [-0.25, -0.2) is 14.6 Å². The number of aromatic nitrogens is 1. The number of ether oxygens (including phenoxy) is 1. The van der Waals surface area contributed by atoms with Crippen molar-refractivity contribution in [3.63, 3.8) is 0 Å². The number of anilines is 1. The van der Waals surface area contributed by atoms with Gasteiger partial charge in [0, 0.05) is 16.7 Å². The highest BCUT2D eigenvalue weighted by molar-refractivity contribution is 8.00. The minimum absolute atomic E-state index is 0.115. The largest absolute Gasteiger partial charge is 0.477 e. The Bertz CT molecular complexity index is 1080. The van der Waals surface area contributed by atoms with E-state index in [1.54, 1.807) is 13.8 Å². The van der Waals surface area contributed by atoms with Gasteiger partial charge in [0.2, 0.25) is 6.41 Å². The van der Waals surface area contributed by atoms with E-state index < -0.39 is 35.3 Å². The van der Waals surface area contributed by atoms with Gasteiger partial charge in [-0.2, -0.15) is 0 Å². The predicted molar refractivity (Wildman–Crippen MR) is 120 cm³/mol. The summed E-state index contributed by atoms with van der Waals surface area (Å²) in [6.07, 6.45) is -0.996. The molecule has 0 radical (unpaired) electrons. The lowest BCUT2D eigenvalue weighted by atomic mass is 10.0. The van der Waals surface area contributed by atoms with Gasteiger partial charge in [-0.05, 0) is 13.8 Å². The number of β-lactam (4-membered cyclic amide) rings is 1. The van der Waals surface area contributed by atoms with E-state index in [2.05, 4.69) is 25.5 Å². The van der Waals surface area contributed by atoms with Crippen LogP contribution in [-0.4, -0.2) is 80.9 Å². The molecule has 2 atom stereocenters. The molecule has 16 heteroatoms. The van der Waals surface area contributed by atoms with Crippen LogP contribution in [0.4, 0.5) is 9.93 Å². The second kappa shape index (κ2) is 10.5. The lowest BCUT2D eigenvalue weighted by molar-refractivity contribution is -0.150. The van der Waals surface area contributed by atoms with Crippen LogP contribution < -0.4 is 16.4 Å². The number of fused-ring (bicyclic) bond motifs is 1. The van der Waals surface area contributed by atoms with Crippen LogP contribution in [0.1, 0.15) is 19.5 Å². The Balaban J connectivity index is 1.79. The highest BCUT2D eigenvalue weighted by Crippen LogP contribution is 2.40. The van der Waals surface area contributed by atoms with E-state index in [0.29, 0.717) is 6.41 Å². The molecule has 4 amide bonds. The molecule has 14 nitrogen and oxygen atoms in total. The first-order chi connectivity index (χ1) is 16.1. The third-order valence-electron chi connectivity index (χ3n) is 4.42. The Morgan fingerprint density at radius 1 is 1.44 bits per heavy atom. The monoisotopic (exact) mass is 512 g/mol. The average Bonchev–Trinajstić information content (AvgIpc) is 3.23. The van der Waals surface area contributed by atoms with Gasteiger partial charge in [-0.3, -0.25) is 19.3 Å². The summed E-state index contributed by atoms with van der Waals surface area (Å²) in [5, 5.41) is 19.4. The number of carboxylic acids is 1. The standard InChI is InChI=1S/C18H20N6O8S2/c1-7(2)32-23-10(9-5-34-18(21-9)20-6-25)13(26)22-11-14(27)24-12(16(28)29)8(3-31-17(19)30)4-33-15(11)24/h5-7,11,15H,3-4H2,1-2H3,(H2,19,30)(H,22,26)(H,28,29)(H,20,21,25)/b23-10-/t11?,15-/m1/s1. The van der Waals surface area contributed by atoms with Crippen molar-refractivity contribution in [1.29, 1.82) is 0 Å². The van der Waals surface area contributed by atoms with Crippen LogP contribution in [0.25, 0.3) is 0 Å². The lowest BCUT2D eigenvalue weighted by Crippen LogP contribution is -2.71. The van der Waals surface area contributed by atoms with Gasteiger partial charge in [-0.1, -0.05) is 5.16 Å². The number of carbonyl (C=O) groups is 5. The topological polar surface area (TPSA) is 203 Å². The Morgan fingerprint density at radius 2 is 2.18 bits per heavy atom. The molecule has 0 aromatic carbocycles. The first-order valence-corrected chi connectivity index (χ1v) is 11.6. The van der Waals surface area contributed by atoms with E-state index >= 15 is 0 Å². The van der Waals surface area contributed by atoms with Gasteiger partial charge in [0.25, 0.3) is 11.8 Å². The summed E-state index contributed by atoms with van der Waals surface area (Å²) in [5.41, 5.74) is 4.72. The first kappa shape index (κ1) is 25.0. The zero-order valence-corrected chi connectivity index (χ0v) is 19.5. The summed E-state index contributed by atoms with van der Waals surface area (Å²) in [5.74, 6) is -2.67. The van der Waals surface area contributed by atoms with E-state index in [-0.39, 0.29) is 46.3 Å². The van der Waals surface area contributed by atoms with Gasteiger partial charge >= 0.3 is 12.1 Å². The molecule has 0 spiro atoms. The second-order valence-electron chi connectivity index (χ2n) is 7.12. The number of nitrogens with one attached hydrogen (secondary N) is 2. The molecule has 3 heterocycles.